The van der Waals surface area contributed by atoms with Crippen LogP contribution in [0.3, 0.4) is 0 Å². The molecule has 2 aromatic rings. The molecule has 5 N–H and O–H groups in total. The first-order chi connectivity index (χ1) is 12.1. The molecule has 0 aliphatic carbocycles. The Morgan fingerprint density at radius 3 is 2.31 bits per heavy atom. The van der Waals surface area contributed by atoms with Crippen LogP contribution in [0, 0.1) is 5.41 Å². The summed E-state index contributed by atoms with van der Waals surface area (Å²) in [4.78, 5) is -0.376. The molecule has 2 aromatic carbocycles. The summed E-state index contributed by atoms with van der Waals surface area (Å²) in [6.45, 7) is 5.60. The van der Waals surface area contributed by atoms with Gasteiger partial charge in [-0.15, -0.1) is 0 Å². The lowest BCUT2D eigenvalue weighted by molar-refractivity contribution is 0.458. The second kappa shape index (κ2) is 7.25. The first-order valence-electron chi connectivity index (χ1n) is 8.12. The highest BCUT2D eigenvalue weighted by molar-refractivity contribution is 7.93. The van der Waals surface area contributed by atoms with Crippen LogP contribution in [0.2, 0.25) is 0 Å². The summed E-state index contributed by atoms with van der Waals surface area (Å²) >= 11 is 0. The van der Waals surface area contributed by atoms with Gasteiger partial charge in [-0.25, -0.2) is 8.42 Å². The van der Waals surface area contributed by atoms with Crippen molar-refractivity contribution in [3.05, 3.63) is 47.5 Å². The maximum atomic E-state index is 13.1. The Morgan fingerprint density at radius 2 is 1.81 bits per heavy atom. The number of anilines is 1. The molecule has 0 saturated heterocycles. The van der Waals surface area contributed by atoms with Gasteiger partial charge in [0.2, 0.25) is 0 Å². The van der Waals surface area contributed by atoms with Crippen molar-refractivity contribution < 1.29 is 18.6 Å². The third kappa shape index (κ3) is 3.60. The van der Waals surface area contributed by atoms with Crippen LogP contribution in [0.5, 0.6) is 11.5 Å². The minimum Gasteiger partial charge on any atom is -0.507 e. The van der Waals surface area contributed by atoms with Gasteiger partial charge in [0.1, 0.15) is 22.2 Å². The molecule has 0 atom stereocenters. The number of hydrogen-bond acceptors (Lipinski definition) is 5. The molecule has 0 bridgehead atoms. The fraction of sp³-hybridized carbons (Fsp3) is 0.278. The molecule has 140 valence electrons. The van der Waals surface area contributed by atoms with Crippen molar-refractivity contribution in [2.75, 3.05) is 10.8 Å². The summed E-state index contributed by atoms with van der Waals surface area (Å²) in [5, 5.41) is 27.9. The lowest BCUT2D eigenvalue weighted by atomic mass is 10.0. The average molecular weight is 377 g/mol. The van der Waals surface area contributed by atoms with E-state index in [1.807, 2.05) is 13.8 Å². The fourth-order valence-electron chi connectivity index (χ4n) is 2.59. The van der Waals surface area contributed by atoms with E-state index in [0.29, 0.717) is 0 Å². The molecule has 0 amide bonds. The highest BCUT2D eigenvalue weighted by Crippen LogP contribution is 2.36. The second-order valence-electron chi connectivity index (χ2n) is 6.17. The predicted molar refractivity (Wildman–Crippen MR) is 102 cm³/mol. The van der Waals surface area contributed by atoms with E-state index >= 15 is 0 Å². The number of phenolic OH excluding ortho intramolecular Hbond substituents is 2. The van der Waals surface area contributed by atoms with Gasteiger partial charge >= 0.3 is 0 Å². The first-order valence-corrected chi connectivity index (χ1v) is 9.56. The average Bonchev–Trinajstić information content (AvgIpc) is 2.56. The van der Waals surface area contributed by atoms with Crippen LogP contribution in [0.15, 0.2) is 41.3 Å². The molecule has 0 saturated carbocycles. The molecule has 0 aromatic heterocycles. The first kappa shape index (κ1) is 19.6. The van der Waals surface area contributed by atoms with Crippen molar-refractivity contribution >= 4 is 21.5 Å². The van der Waals surface area contributed by atoms with Gasteiger partial charge < -0.3 is 15.9 Å². The zero-order valence-electron chi connectivity index (χ0n) is 14.9. The third-order valence-electron chi connectivity index (χ3n) is 4.06. The molecule has 2 rings (SSSR count). The van der Waals surface area contributed by atoms with Crippen molar-refractivity contribution in [1.82, 2.24) is 0 Å². The van der Waals surface area contributed by atoms with Crippen LogP contribution in [-0.4, -0.2) is 31.0 Å². The van der Waals surface area contributed by atoms with Crippen molar-refractivity contribution in [2.45, 2.75) is 31.6 Å². The second-order valence-corrected chi connectivity index (χ2v) is 8.00. The summed E-state index contributed by atoms with van der Waals surface area (Å²) in [5.41, 5.74) is 6.59. The molecule has 0 spiro atoms. The van der Waals surface area contributed by atoms with E-state index in [0.717, 1.165) is 15.9 Å². The Morgan fingerprint density at radius 1 is 1.15 bits per heavy atom. The summed E-state index contributed by atoms with van der Waals surface area (Å²) in [6.07, 6.45) is 0. The van der Waals surface area contributed by atoms with Gasteiger partial charge in [-0.05, 0) is 48.7 Å². The van der Waals surface area contributed by atoms with Crippen molar-refractivity contribution in [1.29, 1.82) is 5.41 Å². The quantitative estimate of drug-likeness (QED) is 0.454. The van der Waals surface area contributed by atoms with E-state index in [9.17, 15) is 18.6 Å². The summed E-state index contributed by atoms with van der Waals surface area (Å²) in [5.74, 6) is -0.748. The number of amidine groups is 1. The normalized spacial score (nSPS) is 11.5. The van der Waals surface area contributed by atoms with Crippen LogP contribution in [0.1, 0.15) is 37.8 Å². The Labute approximate surface area is 153 Å². The van der Waals surface area contributed by atoms with Gasteiger partial charge in [-0.3, -0.25) is 9.71 Å². The van der Waals surface area contributed by atoms with Gasteiger partial charge in [0.15, 0.2) is 0 Å². The summed E-state index contributed by atoms with van der Waals surface area (Å²) in [6, 6.07) is 8.52. The number of phenols is 2. The Balaban J connectivity index is 2.60. The molecular weight excluding hydrogens is 354 g/mol. The number of sulfonamides is 1. The van der Waals surface area contributed by atoms with E-state index in [2.05, 4.69) is 0 Å². The van der Waals surface area contributed by atoms with E-state index < -0.39 is 15.8 Å². The maximum Gasteiger partial charge on any atom is 0.268 e. The highest BCUT2D eigenvalue weighted by Gasteiger charge is 2.29. The van der Waals surface area contributed by atoms with Crippen molar-refractivity contribution in [3.63, 3.8) is 0 Å². The number of aromatic hydroxyl groups is 2. The van der Waals surface area contributed by atoms with E-state index in [1.165, 1.54) is 24.3 Å². The molecular formula is C18H23N3O4S. The minimum absolute atomic E-state index is 0.0423. The smallest absolute Gasteiger partial charge is 0.268 e. The van der Waals surface area contributed by atoms with Crippen LogP contribution in [0.4, 0.5) is 5.69 Å². The molecule has 0 fully saturated rings. The molecule has 0 aliphatic heterocycles. The number of nitrogens with zero attached hydrogens (tertiary/aromatic N) is 1. The number of nitrogens with two attached hydrogens (primary N) is 1. The number of hydrogen-bond donors (Lipinski definition) is 4. The SMILES string of the molecule is CCN(c1ccc(C(C)C)cc1O)S(=O)(=O)c1cc(C(=N)N)ccc1O. The van der Waals surface area contributed by atoms with Crippen LogP contribution >= 0.6 is 0 Å². The maximum absolute atomic E-state index is 13.1. The lowest BCUT2D eigenvalue weighted by Gasteiger charge is -2.25. The zero-order chi connectivity index (χ0) is 19.6. The number of benzene rings is 2. The molecule has 0 heterocycles. The number of rotatable bonds is 6. The Kier molecular flexibility index (Phi) is 5.46. The monoisotopic (exact) mass is 377 g/mol. The molecule has 7 nitrogen and oxygen atoms in total. The summed E-state index contributed by atoms with van der Waals surface area (Å²) < 4.78 is 27.2. The number of nitrogen functional groups attached to an aromatic ring is 1. The Hall–Kier alpha value is -2.74. The van der Waals surface area contributed by atoms with Crippen LogP contribution in [-0.2, 0) is 10.0 Å². The third-order valence-corrected chi connectivity index (χ3v) is 5.98. The molecule has 0 aliphatic rings. The molecule has 26 heavy (non-hydrogen) atoms. The molecule has 8 heteroatoms. The van der Waals surface area contributed by atoms with Crippen LogP contribution < -0.4 is 10.0 Å². The number of nitrogens with one attached hydrogen (secondary N) is 1. The molecule has 0 unspecified atom stereocenters. The predicted octanol–water partition coefficient (Wildman–Crippen LogP) is 2.72. The lowest BCUT2D eigenvalue weighted by Crippen LogP contribution is -2.31. The fourth-order valence-corrected chi connectivity index (χ4v) is 4.19. The van der Waals surface area contributed by atoms with Crippen molar-refractivity contribution in [3.8, 4) is 11.5 Å². The zero-order valence-corrected chi connectivity index (χ0v) is 15.7. The van der Waals surface area contributed by atoms with Crippen LogP contribution in [0.25, 0.3) is 0 Å². The molecule has 0 radical (unpaired) electrons. The van der Waals surface area contributed by atoms with Gasteiger partial charge in [-0.1, -0.05) is 19.9 Å². The van der Waals surface area contributed by atoms with E-state index in [1.54, 1.807) is 13.0 Å². The largest absolute Gasteiger partial charge is 0.507 e. The van der Waals surface area contributed by atoms with Gasteiger partial charge in [0.25, 0.3) is 10.0 Å². The standard InChI is InChI=1S/C18H23N3O4S/c1-4-21(14-7-5-12(11(2)3)9-16(14)23)26(24,25)17-10-13(18(19)20)6-8-15(17)22/h5-11,22-23H,4H2,1-3H3,(H3,19,20). The van der Waals surface area contributed by atoms with Gasteiger partial charge in [0.05, 0.1) is 5.69 Å². The highest BCUT2D eigenvalue weighted by atomic mass is 32.2. The van der Waals surface area contributed by atoms with E-state index in [-0.39, 0.29) is 40.2 Å². The van der Waals surface area contributed by atoms with Gasteiger partial charge in [0, 0.05) is 12.1 Å². The topological polar surface area (TPSA) is 128 Å². The Bertz CT molecular complexity index is 939. The minimum atomic E-state index is -4.18. The van der Waals surface area contributed by atoms with Crippen molar-refractivity contribution in [2.24, 2.45) is 5.73 Å². The van der Waals surface area contributed by atoms with Gasteiger partial charge in [-0.2, -0.15) is 0 Å². The summed E-state index contributed by atoms with van der Waals surface area (Å²) in [7, 11) is -4.18. The van der Waals surface area contributed by atoms with E-state index in [4.69, 9.17) is 11.1 Å².